The first-order chi connectivity index (χ1) is 12.0. The first-order valence-electron chi connectivity index (χ1n) is 7.46. The van der Waals surface area contributed by atoms with E-state index in [0.717, 1.165) is 23.3 Å². The highest BCUT2D eigenvalue weighted by Gasteiger charge is 2.37. The Morgan fingerprint density at radius 1 is 1.15 bits per heavy atom. The van der Waals surface area contributed by atoms with Crippen LogP contribution < -0.4 is 10.5 Å². The van der Waals surface area contributed by atoms with E-state index in [1.54, 1.807) is 12.1 Å². The van der Waals surface area contributed by atoms with Gasteiger partial charge in [0.2, 0.25) is 10.0 Å². The molecule has 0 saturated heterocycles. The summed E-state index contributed by atoms with van der Waals surface area (Å²) in [6.45, 7) is 0. The zero-order chi connectivity index (χ0) is 19.3. The standard InChI is InChI=1S/C16H13Cl2F3N2O2S/c17-12-4-2-9-10(15(12)18)3-5-13(9)23-8-1-6-14(26(22,24)25)11(7-8)16(19,20)21/h1-2,4,6-7,13,23H,3,5H2,(H2,22,24,25). The molecule has 2 aromatic rings. The van der Waals surface area contributed by atoms with E-state index in [4.69, 9.17) is 28.3 Å². The van der Waals surface area contributed by atoms with Crippen LogP contribution in [0.1, 0.15) is 29.2 Å². The summed E-state index contributed by atoms with van der Waals surface area (Å²) in [5.41, 5.74) is 0.531. The van der Waals surface area contributed by atoms with Crippen LogP contribution in [0.15, 0.2) is 35.2 Å². The minimum Gasteiger partial charge on any atom is -0.378 e. The Labute approximate surface area is 158 Å². The van der Waals surface area contributed by atoms with Crippen LogP contribution >= 0.6 is 23.2 Å². The van der Waals surface area contributed by atoms with Gasteiger partial charge in [-0.1, -0.05) is 29.3 Å². The van der Waals surface area contributed by atoms with E-state index >= 15 is 0 Å². The molecule has 0 amide bonds. The van der Waals surface area contributed by atoms with E-state index in [2.05, 4.69) is 5.32 Å². The predicted octanol–water partition coefficient (Wildman–Crippen LogP) is 4.76. The Hall–Kier alpha value is -1.48. The number of alkyl halides is 3. The van der Waals surface area contributed by atoms with Crippen molar-refractivity contribution in [2.75, 3.05) is 5.32 Å². The first kappa shape index (κ1) is 19.3. The molecular formula is C16H13Cl2F3N2O2S. The van der Waals surface area contributed by atoms with E-state index in [9.17, 15) is 21.6 Å². The smallest absolute Gasteiger partial charge is 0.378 e. The lowest BCUT2D eigenvalue weighted by atomic mass is 10.1. The molecule has 2 aromatic carbocycles. The zero-order valence-corrected chi connectivity index (χ0v) is 15.4. The second-order valence-corrected chi connectivity index (χ2v) is 8.23. The molecule has 0 aliphatic heterocycles. The number of benzene rings is 2. The lowest BCUT2D eigenvalue weighted by molar-refractivity contribution is -0.139. The number of hydrogen-bond acceptors (Lipinski definition) is 3. The van der Waals surface area contributed by atoms with Crippen LogP contribution in [0.25, 0.3) is 0 Å². The molecule has 0 fully saturated rings. The van der Waals surface area contributed by atoms with Gasteiger partial charge >= 0.3 is 6.18 Å². The number of rotatable bonds is 3. The largest absolute Gasteiger partial charge is 0.417 e. The molecule has 1 atom stereocenters. The van der Waals surface area contributed by atoms with E-state index in [1.165, 1.54) is 6.07 Å². The fourth-order valence-electron chi connectivity index (χ4n) is 3.07. The maximum absolute atomic E-state index is 13.2. The number of hydrogen-bond donors (Lipinski definition) is 2. The quantitative estimate of drug-likeness (QED) is 0.745. The van der Waals surface area contributed by atoms with Crippen LogP contribution in [0.5, 0.6) is 0 Å². The summed E-state index contributed by atoms with van der Waals surface area (Å²) in [6.07, 6.45) is -3.61. The molecule has 0 bridgehead atoms. The van der Waals surface area contributed by atoms with E-state index in [1.807, 2.05) is 0 Å². The third kappa shape index (κ3) is 3.64. The van der Waals surface area contributed by atoms with Gasteiger partial charge in [0, 0.05) is 5.69 Å². The highest BCUT2D eigenvalue weighted by atomic mass is 35.5. The zero-order valence-electron chi connectivity index (χ0n) is 13.1. The molecular weight excluding hydrogens is 412 g/mol. The van der Waals surface area contributed by atoms with Crippen LogP contribution in [0.4, 0.5) is 18.9 Å². The molecule has 0 heterocycles. The summed E-state index contributed by atoms with van der Waals surface area (Å²) in [4.78, 5) is -0.961. The average molecular weight is 425 g/mol. The Bertz CT molecular complexity index is 978. The second-order valence-electron chi connectivity index (χ2n) is 5.92. The summed E-state index contributed by atoms with van der Waals surface area (Å²) >= 11 is 12.2. The summed E-state index contributed by atoms with van der Waals surface area (Å²) in [6, 6.07) is 6.00. The van der Waals surface area contributed by atoms with Crippen molar-refractivity contribution in [1.82, 2.24) is 0 Å². The van der Waals surface area contributed by atoms with Gasteiger partial charge < -0.3 is 5.32 Å². The summed E-state index contributed by atoms with van der Waals surface area (Å²) in [7, 11) is -4.50. The van der Waals surface area contributed by atoms with E-state index in [-0.39, 0.29) is 11.7 Å². The highest BCUT2D eigenvalue weighted by molar-refractivity contribution is 7.89. The minimum absolute atomic E-state index is 0.133. The van der Waals surface area contributed by atoms with Gasteiger partial charge in [-0.3, -0.25) is 0 Å². The fourth-order valence-corrected chi connectivity index (χ4v) is 4.26. The van der Waals surface area contributed by atoms with E-state index in [0.29, 0.717) is 22.9 Å². The van der Waals surface area contributed by atoms with Crippen molar-refractivity contribution in [3.8, 4) is 0 Å². The lowest BCUT2D eigenvalue weighted by Gasteiger charge is -2.18. The number of anilines is 1. The van der Waals surface area contributed by atoms with Gasteiger partial charge in [-0.15, -0.1) is 0 Å². The average Bonchev–Trinajstić information content (AvgIpc) is 2.92. The molecule has 140 valence electrons. The molecule has 0 aromatic heterocycles. The number of primary sulfonamides is 1. The van der Waals surface area contributed by atoms with Gasteiger partial charge in [-0.05, 0) is 48.2 Å². The summed E-state index contributed by atoms with van der Waals surface area (Å²) < 4.78 is 62.5. The van der Waals surface area contributed by atoms with Gasteiger partial charge in [0.25, 0.3) is 0 Å². The van der Waals surface area contributed by atoms with Crippen molar-refractivity contribution >= 4 is 38.9 Å². The number of nitrogens with two attached hydrogens (primary N) is 1. The van der Waals surface area contributed by atoms with Crippen molar-refractivity contribution in [2.24, 2.45) is 5.14 Å². The van der Waals surface area contributed by atoms with Crippen LogP contribution in [-0.4, -0.2) is 8.42 Å². The van der Waals surface area contributed by atoms with Gasteiger partial charge in [0.1, 0.15) is 0 Å². The van der Waals surface area contributed by atoms with Crippen molar-refractivity contribution in [3.05, 3.63) is 57.1 Å². The SMILES string of the molecule is NS(=O)(=O)c1ccc(NC2CCc3c2ccc(Cl)c3Cl)cc1C(F)(F)F. The Morgan fingerprint density at radius 3 is 2.46 bits per heavy atom. The lowest BCUT2D eigenvalue weighted by Crippen LogP contribution is -2.19. The van der Waals surface area contributed by atoms with Crippen molar-refractivity contribution < 1.29 is 21.6 Å². The first-order valence-corrected chi connectivity index (χ1v) is 9.76. The predicted molar refractivity (Wildman–Crippen MR) is 94.0 cm³/mol. The monoisotopic (exact) mass is 424 g/mol. The Balaban J connectivity index is 1.97. The molecule has 1 unspecified atom stereocenters. The van der Waals surface area contributed by atoms with Gasteiger partial charge in [-0.25, -0.2) is 13.6 Å². The topological polar surface area (TPSA) is 72.2 Å². The van der Waals surface area contributed by atoms with Crippen LogP contribution in [0.2, 0.25) is 10.0 Å². The molecule has 0 saturated carbocycles. The molecule has 0 radical (unpaired) electrons. The van der Waals surface area contributed by atoms with Crippen molar-refractivity contribution in [3.63, 3.8) is 0 Å². The van der Waals surface area contributed by atoms with Gasteiger partial charge in [0.05, 0.1) is 26.5 Å². The molecule has 0 spiro atoms. The molecule has 1 aliphatic carbocycles. The molecule has 26 heavy (non-hydrogen) atoms. The Kier molecular flexibility index (Phi) is 4.89. The maximum atomic E-state index is 13.2. The third-order valence-corrected chi connectivity index (χ3v) is 6.04. The molecule has 1 aliphatic rings. The highest BCUT2D eigenvalue weighted by Crippen LogP contribution is 2.41. The van der Waals surface area contributed by atoms with Crippen LogP contribution in [0, 0.1) is 0 Å². The van der Waals surface area contributed by atoms with Gasteiger partial charge in [0.15, 0.2) is 0 Å². The second kappa shape index (κ2) is 6.60. The fraction of sp³-hybridized carbons (Fsp3) is 0.250. The molecule has 3 N–H and O–H groups in total. The maximum Gasteiger partial charge on any atom is 0.417 e. The summed E-state index contributed by atoms with van der Waals surface area (Å²) in [5.74, 6) is 0. The minimum atomic E-state index is -4.86. The van der Waals surface area contributed by atoms with Crippen LogP contribution in [0.3, 0.4) is 0 Å². The molecule has 4 nitrogen and oxygen atoms in total. The molecule has 3 rings (SSSR count). The number of halogens is 5. The van der Waals surface area contributed by atoms with Crippen molar-refractivity contribution in [2.45, 2.75) is 30.0 Å². The van der Waals surface area contributed by atoms with Crippen molar-refractivity contribution in [1.29, 1.82) is 0 Å². The number of nitrogens with one attached hydrogen (secondary N) is 1. The number of sulfonamides is 1. The normalized spacial score (nSPS) is 17.2. The van der Waals surface area contributed by atoms with Crippen LogP contribution in [-0.2, 0) is 22.6 Å². The molecule has 10 heteroatoms. The summed E-state index contributed by atoms with van der Waals surface area (Å²) in [5, 5.41) is 8.74. The van der Waals surface area contributed by atoms with Gasteiger partial charge in [-0.2, -0.15) is 13.2 Å². The van der Waals surface area contributed by atoms with E-state index < -0.39 is 26.7 Å². The Morgan fingerprint density at radius 2 is 1.85 bits per heavy atom. The third-order valence-electron chi connectivity index (χ3n) is 4.22. The number of fused-ring (bicyclic) bond motifs is 1.